The van der Waals surface area contributed by atoms with Crippen LogP contribution in [-0.4, -0.2) is 6.61 Å². The Labute approximate surface area is 124 Å². The summed E-state index contributed by atoms with van der Waals surface area (Å²) in [6.45, 7) is 4.91. The minimum Gasteiger partial charge on any atom is -0.493 e. The highest BCUT2D eigenvalue weighted by Gasteiger charge is 2.19. The Kier molecular flexibility index (Phi) is 4.00. The van der Waals surface area contributed by atoms with Gasteiger partial charge in [0.2, 0.25) is 0 Å². The molecule has 0 atom stereocenters. The van der Waals surface area contributed by atoms with Crippen molar-refractivity contribution in [3.63, 3.8) is 0 Å². The van der Waals surface area contributed by atoms with E-state index in [-0.39, 0.29) is 5.63 Å². The maximum absolute atomic E-state index is 12.2. The summed E-state index contributed by atoms with van der Waals surface area (Å²) in [5.74, 6) is 0.853. The van der Waals surface area contributed by atoms with Gasteiger partial charge in [-0.05, 0) is 55.7 Å². The van der Waals surface area contributed by atoms with E-state index in [2.05, 4.69) is 19.9 Å². The van der Waals surface area contributed by atoms with Gasteiger partial charge in [0.25, 0.3) is 0 Å². The van der Waals surface area contributed by atoms with E-state index in [9.17, 15) is 4.79 Å². The van der Waals surface area contributed by atoms with Gasteiger partial charge in [-0.3, -0.25) is 0 Å². The Morgan fingerprint density at radius 2 is 1.90 bits per heavy atom. The SMILES string of the molecule is CCCOc1cc2oc(=O)c3c(c2cc1CC)CCCC3. The molecule has 0 aliphatic heterocycles. The average Bonchev–Trinajstić information content (AvgIpc) is 2.52. The summed E-state index contributed by atoms with van der Waals surface area (Å²) in [7, 11) is 0. The monoisotopic (exact) mass is 286 g/mol. The maximum Gasteiger partial charge on any atom is 0.339 e. The lowest BCUT2D eigenvalue weighted by Gasteiger charge is -2.18. The number of fused-ring (bicyclic) bond motifs is 3. The summed E-state index contributed by atoms with van der Waals surface area (Å²) < 4.78 is 11.4. The second kappa shape index (κ2) is 5.92. The fourth-order valence-electron chi connectivity index (χ4n) is 3.14. The van der Waals surface area contributed by atoms with Gasteiger partial charge in [-0.1, -0.05) is 13.8 Å². The van der Waals surface area contributed by atoms with Crippen molar-refractivity contribution in [1.29, 1.82) is 0 Å². The highest BCUT2D eigenvalue weighted by atomic mass is 16.5. The molecule has 1 aliphatic rings. The first-order chi connectivity index (χ1) is 10.2. The van der Waals surface area contributed by atoms with Crippen LogP contribution >= 0.6 is 0 Å². The van der Waals surface area contributed by atoms with Crippen LogP contribution in [0.25, 0.3) is 11.0 Å². The third-order valence-electron chi connectivity index (χ3n) is 4.25. The molecule has 0 bridgehead atoms. The minimum atomic E-state index is -0.164. The van der Waals surface area contributed by atoms with Crippen molar-refractivity contribution in [3.05, 3.63) is 39.2 Å². The highest BCUT2D eigenvalue weighted by molar-refractivity contribution is 5.84. The molecule has 0 saturated heterocycles. The number of hydrogen-bond donors (Lipinski definition) is 0. The van der Waals surface area contributed by atoms with Crippen LogP contribution in [0.2, 0.25) is 0 Å². The summed E-state index contributed by atoms with van der Waals surface area (Å²) in [5.41, 5.74) is 3.78. The molecule has 1 aliphatic carbocycles. The van der Waals surface area contributed by atoms with Crippen LogP contribution in [0.5, 0.6) is 5.75 Å². The number of aryl methyl sites for hydroxylation is 2. The van der Waals surface area contributed by atoms with Gasteiger partial charge in [0.1, 0.15) is 11.3 Å². The molecular weight excluding hydrogens is 264 g/mol. The van der Waals surface area contributed by atoms with E-state index >= 15 is 0 Å². The van der Waals surface area contributed by atoms with Crippen LogP contribution in [0.15, 0.2) is 21.3 Å². The fourth-order valence-corrected chi connectivity index (χ4v) is 3.14. The Bertz CT molecular complexity index is 712. The van der Waals surface area contributed by atoms with Crippen LogP contribution in [0.1, 0.15) is 49.8 Å². The molecule has 112 valence electrons. The molecule has 3 nitrogen and oxygen atoms in total. The van der Waals surface area contributed by atoms with Gasteiger partial charge < -0.3 is 9.15 Å². The molecule has 3 heteroatoms. The molecule has 0 saturated carbocycles. The van der Waals surface area contributed by atoms with Crippen molar-refractivity contribution in [2.24, 2.45) is 0 Å². The Hall–Kier alpha value is -1.77. The van der Waals surface area contributed by atoms with E-state index < -0.39 is 0 Å². The topological polar surface area (TPSA) is 39.4 Å². The Morgan fingerprint density at radius 1 is 1.14 bits per heavy atom. The van der Waals surface area contributed by atoms with Gasteiger partial charge in [0.05, 0.1) is 6.61 Å². The van der Waals surface area contributed by atoms with E-state index in [1.165, 1.54) is 11.1 Å². The largest absolute Gasteiger partial charge is 0.493 e. The highest BCUT2D eigenvalue weighted by Crippen LogP contribution is 2.32. The van der Waals surface area contributed by atoms with Crippen LogP contribution in [0.4, 0.5) is 0 Å². The smallest absolute Gasteiger partial charge is 0.339 e. The number of ether oxygens (including phenoxy) is 1. The predicted molar refractivity (Wildman–Crippen MR) is 84.3 cm³/mol. The lowest BCUT2D eigenvalue weighted by molar-refractivity contribution is 0.314. The van der Waals surface area contributed by atoms with Crippen LogP contribution < -0.4 is 10.4 Å². The second-order valence-electron chi connectivity index (χ2n) is 5.71. The molecule has 21 heavy (non-hydrogen) atoms. The molecule has 0 radical (unpaired) electrons. The first kappa shape index (κ1) is 14.2. The van der Waals surface area contributed by atoms with E-state index in [0.29, 0.717) is 12.2 Å². The van der Waals surface area contributed by atoms with E-state index in [1.807, 2.05) is 6.07 Å². The quantitative estimate of drug-likeness (QED) is 0.797. The van der Waals surface area contributed by atoms with E-state index in [1.54, 1.807) is 0 Å². The van der Waals surface area contributed by atoms with Crippen LogP contribution in [0, 0.1) is 0 Å². The number of rotatable bonds is 4. The van der Waals surface area contributed by atoms with Crippen molar-refractivity contribution in [1.82, 2.24) is 0 Å². The summed E-state index contributed by atoms with van der Waals surface area (Å²) in [4.78, 5) is 12.2. The van der Waals surface area contributed by atoms with Crippen molar-refractivity contribution >= 4 is 11.0 Å². The summed E-state index contributed by atoms with van der Waals surface area (Å²) in [5, 5.41) is 1.10. The summed E-state index contributed by atoms with van der Waals surface area (Å²) >= 11 is 0. The fraction of sp³-hybridized carbons (Fsp3) is 0.500. The molecule has 1 heterocycles. The average molecular weight is 286 g/mol. The lowest BCUT2D eigenvalue weighted by Crippen LogP contribution is -2.16. The molecule has 1 aromatic heterocycles. The molecule has 3 rings (SSSR count). The van der Waals surface area contributed by atoms with Crippen LogP contribution in [0.3, 0.4) is 0 Å². The third-order valence-corrected chi connectivity index (χ3v) is 4.25. The Balaban J connectivity index is 2.20. The lowest BCUT2D eigenvalue weighted by atomic mass is 9.90. The van der Waals surface area contributed by atoms with E-state index in [0.717, 1.165) is 55.2 Å². The van der Waals surface area contributed by atoms with Gasteiger partial charge in [-0.15, -0.1) is 0 Å². The predicted octanol–water partition coefficient (Wildman–Crippen LogP) is 4.02. The number of hydrogen-bond acceptors (Lipinski definition) is 3. The molecule has 0 amide bonds. The van der Waals surface area contributed by atoms with Crippen molar-refractivity contribution in [2.45, 2.75) is 52.4 Å². The zero-order valence-electron chi connectivity index (χ0n) is 12.8. The van der Waals surface area contributed by atoms with Crippen LogP contribution in [-0.2, 0) is 19.3 Å². The van der Waals surface area contributed by atoms with Gasteiger partial charge in [-0.25, -0.2) is 4.79 Å². The number of benzene rings is 1. The maximum atomic E-state index is 12.2. The normalized spacial score (nSPS) is 14.2. The third kappa shape index (κ3) is 2.57. The molecule has 1 aromatic carbocycles. The first-order valence-electron chi connectivity index (χ1n) is 7.98. The molecule has 0 spiro atoms. The van der Waals surface area contributed by atoms with Gasteiger partial charge >= 0.3 is 5.63 Å². The molecular formula is C18H22O3. The zero-order chi connectivity index (χ0) is 14.8. The van der Waals surface area contributed by atoms with E-state index in [4.69, 9.17) is 9.15 Å². The van der Waals surface area contributed by atoms with Gasteiger partial charge in [0.15, 0.2) is 0 Å². The van der Waals surface area contributed by atoms with Crippen molar-refractivity contribution in [3.8, 4) is 5.75 Å². The molecule has 0 fully saturated rings. The first-order valence-corrected chi connectivity index (χ1v) is 7.98. The zero-order valence-corrected chi connectivity index (χ0v) is 12.8. The molecule has 0 N–H and O–H groups in total. The molecule has 0 unspecified atom stereocenters. The molecule has 2 aromatic rings. The van der Waals surface area contributed by atoms with Gasteiger partial charge in [-0.2, -0.15) is 0 Å². The van der Waals surface area contributed by atoms with Gasteiger partial charge in [0, 0.05) is 17.0 Å². The van der Waals surface area contributed by atoms with Crippen molar-refractivity contribution < 1.29 is 9.15 Å². The van der Waals surface area contributed by atoms with Crippen molar-refractivity contribution in [2.75, 3.05) is 6.61 Å². The Morgan fingerprint density at radius 3 is 2.62 bits per heavy atom. The summed E-state index contributed by atoms with van der Waals surface area (Å²) in [6.07, 6.45) is 5.96. The minimum absolute atomic E-state index is 0.164. The second-order valence-corrected chi connectivity index (χ2v) is 5.71. The standard InChI is InChI=1S/C18H22O3/c1-3-9-20-16-11-17-15(10-12(16)4-2)13-7-5-6-8-14(13)18(19)21-17/h10-11H,3-9H2,1-2H3. The summed E-state index contributed by atoms with van der Waals surface area (Å²) in [6, 6.07) is 4.06.